The van der Waals surface area contributed by atoms with Crippen LogP contribution in [0.4, 0.5) is 17.1 Å². The van der Waals surface area contributed by atoms with Crippen molar-refractivity contribution in [3.8, 4) is 5.75 Å². The van der Waals surface area contributed by atoms with Crippen LogP contribution < -0.4 is 15.4 Å². The van der Waals surface area contributed by atoms with E-state index in [1.807, 2.05) is 0 Å². The topological polar surface area (TPSA) is 123 Å². The van der Waals surface area contributed by atoms with E-state index in [0.717, 1.165) is 0 Å². The molecule has 0 unspecified atom stereocenters. The van der Waals surface area contributed by atoms with E-state index >= 15 is 0 Å². The van der Waals surface area contributed by atoms with E-state index in [0.29, 0.717) is 24.6 Å². The van der Waals surface area contributed by atoms with Crippen molar-refractivity contribution in [3.63, 3.8) is 0 Å². The molecule has 2 amide bonds. The molecule has 0 radical (unpaired) electrons. The Morgan fingerprint density at radius 3 is 2.60 bits per heavy atom. The smallest absolute Gasteiger partial charge is 0.293 e. The zero-order valence-corrected chi connectivity index (χ0v) is 17.0. The number of nitrogens with zero attached hydrogens (tertiary/aromatic N) is 2. The fourth-order valence-corrected chi connectivity index (χ4v) is 2.66. The highest BCUT2D eigenvalue weighted by Gasteiger charge is 2.21. The minimum Gasteiger partial charge on any atom is -0.497 e. The Labute approximate surface area is 173 Å². The summed E-state index contributed by atoms with van der Waals surface area (Å²) in [6.07, 6.45) is 0. The van der Waals surface area contributed by atoms with Crippen LogP contribution in [0.15, 0.2) is 42.5 Å². The minimum atomic E-state index is -0.568. The Balaban J connectivity index is 2.06. The quantitative estimate of drug-likeness (QED) is 0.346. The molecule has 0 saturated heterocycles. The molecule has 2 aromatic rings. The normalized spacial score (nSPS) is 10.2. The van der Waals surface area contributed by atoms with E-state index in [2.05, 4.69) is 10.6 Å². The van der Waals surface area contributed by atoms with E-state index in [9.17, 15) is 19.7 Å². The summed E-state index contributed by atoms with van der Waals surface area (Å²) in [6.45, 7) is 0.537. The van der Waals surface area contributed by atoms with Crippen LogP contribution in [0.25, 0.3) is 0 Å². The first kappa shape index (κ1) is 22.6. The lowest BCUT2D eigenvalue weighted by molar-refractivity contribution is -0.384. The Kier molecular flexibility index (Phi) is 8.12. The lowest BCUT2D eigenvalue weighted by Gasteiger charge is -2.17. The number of amides is 2. The van der Waals surface area contributed by atoms with E-state index in [1.54, 1.807) is 24.3 Å². The monoisotopic (exact) mass is 416 g/mol. The summed E-state index contributed by atoms with van der Waals surface area (Å²) in [5.74, 6) is -0.336. The molecule has 10 heteroatoms. The van der Waals surface area contributed by atoms with Gasteiger partial charge in [0.05, 0.1) is 25.2 Å². The summed E-state index contributed by atoms with van der Waals surface area (Å²) in [5, 5.41) is 16.9. The molecule has 0 bridgehead atoms. The van der Waals surface area contributed by atoms with Gasteiger partial charge in [-0.2, -0.15) is 0 Å². The van der Waals surface area contributed by atoms with Crippen molar-refractivity contribution in [1.29, 1.82) is 0 Å². The summed E-state index contributed by atoms with van der Waals surface area (Å²) >= 11 is 0. The molecule has 0 aliphatic rings. The highest BCUT2D eigenvalue weighted by molar-refractivity contribution is 6.00. The van der Waals surface area contributed by atoms with Crippen LogP contribution >= 0.6 is 0 Å². The zero-order chi connectivity index (χ0) is 22.1. The third-order valence-corrected chi connectivity index (χ3v) is 4.14. The average Bonchev–Trinajstić information content (AvgIpc) is 2.73. The second-order valence-electron chi connectivity index (χ2n) is 6.35. The minimum absolute atomic E-state index is 0.107. The van der Waals surface area contributed by atoms with E-state index < -0.39 is 16.7 Å². The standard InChI is InChI=1S/C20H24N4O6/c1-23(13-19(25)22-15-5-4-6-16(12-15)30-3)20(26)14-7-8-17(21-9-10-29-2)18(11-14)24(27)28/h4-8,11-12,21H,9-10,13H2,1-3H3,(H,22,25). The first-order chi connectivity index (χ1) is 14.3. The number of benzene rings is 2. The highest BCUT2D eigenvalue weighted by atomic mass is 16.6. The lowest BCUT2D eigenvalue weighted by Crippen LogP contribution is -2.35. The van der Waals surface area contributed by atoms with E-state index in [1.165, 1.54) is 44.4 Å². The van der Waals surface area contributed by atoms with Crippen LogP contribution in [-0.4, -0.2) is 62.6 Å². The van der Waals surface area contributed by atoms with Gasteiger partial charge in [0.15, 0.2) is 0 Å². The van der Waals surface area contributed by atoms with E-state index in [4.69, 9.17) is 9.47 Å². The number of nitrogens with one attached hydrogen (secondary N) is 2. The van der Waals surface area contributed by atoms with Gasteiger partial charge >= 0.3 is 0 Å². The Morgan fingerprint density at radius 1 is 1.17 bits per heavy atom. The first-order valence-corrected chi connectivity index (χ1v) is 9.06. The second kappa shape index (κ2) is 10.8. The summed E-state index contributed by atoms with van der Waals surface area (Å²) in [7, 11) is 4.49. The molecule has 2 aromatic carbocycles. The van der Waals surface area contributed by atoms with Crippen molar-refractivity contribution in [2.45, 2.75) is 0 Å². The second-order valence-corrected chi connectivity index (χ2v) is 6.35. The molecule has 0 aliphatic carbocycles. The van der Waals surface area contributed by atoms with Gasteiger partial charge < -0.3 is 25.0 Å². The lowest BCUT2D eigenvalue weighted by atomic mass is 10.1. The molecule has 0 atom stereocenters. The number of likely N-dealkylation sites (N-methyl/N-ethyl adjacent to an activating group) is 1. The number of nitro groups is 1. The fourth-order valence-electron chi connectivity index (χ4n) is 2.66. The van der Waals surface area contributed by atoms with Crippen molar-refractivity contribution < 1.29 is 24.0 Å². The fraction of sp³-hybridized carbons (Fsp3) is 0.300. The Morgan fingerprint density at radius 2 is 1.93 bits per heavy atom. The van der Waals surface area contributed by atoms with Crippen LogP contribution in [0.3, 0.4) is 0 Å². The highest BCUT2D eigenvalue weighted by Crippen LogP contribution is 2.26. The number of anilines is 2. The number of carbonyl (C=O) groups is 2. The molecule has 0 saturated carbocycles. The van der Waals surface area contributed by atoms with Gasteiger partial charge in [0.1, 0.15) is 11.4 Å². The van der Waals surface area contributed by atoms with Crippen molar-refractivity contribution in [2.24, 2.45) is 0 Å². The van der Waals surface area contributed by atoms with Crippen LogP contribution in [0.1, 0.15) is 10.4 Å². The van der Waals surface area contributed by atoms with Crippen LogP contribution in [0.5, 0.6) is 5.75 Å². The van der Waals surface area contributed by atoms with Gasteiger partial charge in [-0.3, -0.25) is 19.7 Å². The number of carbonyl (C=O) groups excluding carboxylic acids is 2. The van der Waals surface area contributed by atoms with Gasteiger partial charge in [0, 0.05) is 44.1 Å². The Hall–Kier alpha value is -3.66. The van der Waals surface area contributed by atoms with Gasteiger partial charge in [-0.25, -0.2) is 0 Å². The largest absolute Gasteiger partial charge is 0.497 e. The molecule has 10 nitrogen and oxygen atoms in total. The molecule has 0 heterocycles. The third kappa shape index (κ3) is 6.17. The molecular formula is C20H24N4O6. The molecule has 0 aliphatic heterocycles. The summed E-state index contributed by atoms with van der Waals surface area (Å²) < 4.78 is 10.0. The SMILES string of the molecule is COCCNc1ccc(C(=O)N(C)CC(=O)Nc2cccc(OC)c2)cc1[N+](=O)[O-]. The maximum atomic E-state index is 12.6. The number of methoxy groups -OCH3 is 2. The third-order valence-electron chi connectivity index (χ3n) is 4.14. The molecule has 2 rings (SSSR count). The van der Waals surface area contributed by atoms with Crippen molar-refractivity contribution in [3.05, 3.63) is 58.1 Å². The van der Waals surface area contributed by atoms with Gasteiger partial charge in [-0.05, 0) is 24.3 Å². The van der Waals surface area contributed by atoms with Crippen LogP contribution in [0, 0.1) is 10.1 Å². The molecule has 2 N–H and O–H groups in total. The molecule has 0 spiro atoms. The number of ether oxygens (including phenoxy) is 2. The Bertz CT molecular complexity index is 918. The van der Waals surface area contributed by atoms with Gasteiger partial charge in [0.25, 0.3) is 11.6 Å². The average molecular weight is 416 g/mol. The predicted molar refractivity (Wildman–Crippen MR) is 112 cm³/mol. The molecule has 0 aromatic heterocycles. The van der Waals surface area contributed by atoms with Crippen LogP contribution in [-0.2, 0) is 9.53 Å². The molecular weight excluding hydrogens is 392 g/mol. The zero-order valence-electron chi connectivity index (χ0n) is 17.0. The van der Waals surface area contributed by atoms with Crippen molar-refractivity contribution in [2.75, 3.05) is 51.6 Å². The summed E-state index contributed by atoms with van der Waals surface area (Å²) in [5.41, 5.74) is 0.691. The van der Waals surface area contributed by atoms with Crippen molar-refractivity contribution in [1.82, 2.24) is 4.90 Å². The maximum Gasteiger partial charge on any atom is 0.293 e. The number of hydrogen-bond donors (Lipinski definition) is 2. The van der Waals surface area contributed by atoms with Gasteiger partial charge in [-0.15, -0.1) is 0 Å². The molecule has 160 valence electrons. The van der Waals surface area contributed by atoms with Gasteiger partial charge in [0.2, 0.25) is 5.91 Å². The molecule has 30 heavy (non-hydrogen) atoms. The van der Waals surface area contributed by atoms with Gasteiger partial charge in [-0.1, -0.05) is 6.07 Å². The number of hydrogen-bond acceptors (Lipinski definition) is 7. The van der Waals surface area contributed by atoms with Crippen LogP contribution in [0.2, 0.25) is 0 Å². The maximum absolute atomic E-state index is 12.6. The number of rotatable bonds is 10. The summed E-state index contributed by atoms with van der Waals surface area (Å²) in [6, 6.07) is 10.9. The molecule has 0 fully saturated rings. The predicted octanol–water partition coefficient (Wildman–Crippen LogP) is 2.37. The van der Waals surface area contributed by atoms with Crippen molar-refractivity contribution >= 4 is 28.9 Å². The number of nitro benzene ring substituents is 1. The first-order valence-electron chi connectivity index (χ1n) is 9.06. The summed E-state index contributed by atoms with van der Waals surface area (Å²) in [4.78, 5) is 36.9. The van der Waals surface area contributed by atoms with E-state index in [-0.39, 0.29) is 23.5 Å².